The van der Waals surface area contributed by atoms with Crippen LogP contribution in [-0.4, -0.2) is 53.5 Å². The molecule has 10 heteroatoms. The van der Waals surface area contributed by atoms with Gasteiger partial charge in [0.25, 0.3) is 0 Å². The summed E-state index contributed by atoms with van der Waals surface area (Å²) < 4.78 is 1.99. The predicted molar refractivity (Wildman–Crippen MR) is 138 cm³/mol. The molecule has 1 aromatic carbocycles. The molecule has 176 valence electrons. The lowest BCUT2D eigenvalue weighted by atomic mass is 10.0. The zero-order chi connectivity index (χ0) is 23.5. The Morgan fingerprint density at radius 2 is 1.89 bits per heavy atom. The molecule has 0 spiro atoms. The smallest absolute Gasteiger partial charge is 0.232 e. The molecule has 0 amide bonds. The summed E-state index contributed by atoms with van der Waals surface area (Å²) in [5.74, 6) is 1.85. The van der Waals surface area contributed by atoms with Gasteiger partial charge in [-0.3, -0.25) is 9.47 Å². The highest BCUT2D eigenvalue weighted by molar-refractivity contribution is 7.08. The van der Waals surface area contributed by atoms with E-state index < -0.39 is 0 Å². The van der Waals surface area contributed by atoms with E-state index in [1.165, 1.54) is 11.9 Å². The van der Waals surface area contributed by atoms with Gasteiger partial charge in [0.05, 0.1) is 5.69 Å². The quantitative estimate of drug-likeness (QED) is 0.350. The van der Waals surface area contributed by atoms with Gasteiger partial charge in [-0.2, -0.15) is 21.3 Å². The van der Waals surface area contributed by atoms with Crippen molar-refractivity contribution in [1.82, 2.24) is 34.4 Å². The molecule has 5 heterocycles. The van der Waals surface area contributed by atoms with Crippen LogP contribution in [0.1, 0.15) is 18.4 Å². The van der Waals surface area contributed by atoms with Crippen LogP contribution in [0, 0.1) is 0 Å². The summed E-state index contributed by atoms with van der Waals surface area (Å²) in [4.78, 5) is 25.0. The molecule has 1 saturated heterocycles. The summed E-state index contributed by atoms with van der Waals surface area (Å²) in [6.45, 7) is 3.07. The number of hydrogen-bond donors (Lipinski definition) is 2. The van der Waals surface area contributed by atoms with Crippen molar-refractivity contribution in [3.8, 4) is 5.69 Å². The lowest BCUT2D eigenvalue weighted by molar-refractivity contribution is 0.211. The number of hydrogen-bond acceptors (Lipinski definition) is 9. The SMILES string of the molecule is c1ccc(CN2CCC(Nc3nc(Nc4ccncn4)nc4c3ncn4-c3ccsc3)CC2)cc1. The molecular weight excluding hydrogens is 458 g/mol. The highest BCUT2D eigenvalue weighted by Gasteiger charge is 2.22. The fraction of sp³-hybridized carbons (Fsp3) is 0.240. The number of anilines is 3. The van der Waals surface area contributed by atoms with Gasteiger partial charge in [-0.25, -0.2) is 15.0 Å². The number of rotatable bonds is 7. The third kappa shape index (κ3) is 4.84. The first-order valence-electron chi connectivity index (χ1n) is 11.7. The van der Waals surface area contributed by atoms with Gasteiger partial charge in [-0.15, -0.1) is 0 Å². The molecule has 0 aliphatic carbocycles. The molecule has 35 heavy (non-hydrogen) atoms. The Hall–Kier alpha value is -3.89. The topological polar surface area (TPSA) is 96.7 Å². The van der Waals surface area contributed by atoms with Crippen molar-refractivity contribution in [2.75, 3.05) is 23.7 Å². The first kappa shape index (κ1) is 21.6. The molecule has 0 unspecified atom stereocenters. The van der Waals surface area contributed by atoms with Crippen LogP contribution in [0.2, 0.25) is 0 Å². The summed E-state index contributed by atoms with van der Waals surface area (Å²) >= 11 is 1.64. The summed E-state index contributed by atoms with van der Waals surface area (Å²) in [5.41, 5.74) is 3.90. The minimum absolute atomic E-state index is 0.318. The van der Waals surface area contributed by atoms with Gasteiger partial charge in [-0.05, 0) is 35.9 Å². The molecule has 0 radical (unpaired) electrons. The second-order valence-electron chi connectivity index (χ2n) is 8.56. The van der Waals surface area contributed by atoms with Crippen molar-refractivity contribution in [3.63, 3.8) is 0 Å². The molecule has 0 saturated carbocycles. The van der Waals surface area contributed by atoms with Crippen LogP contribution in [-0.2, 0) is 6.54 Å². The highest BCUT2D eigenvalue weighted by atomic mass is 32.1. The van der Waals surface area contributed by atoms with Crippen LogP contribution < -0.4 is 10.6 Å². The van der Waals surface area contributed by atoms with Gasteiger partial charge in [0, 0.05) is 37.3 Å². The van der Waals surface area contributed by atoms with E-state index >= 15 is 0 Å². The third-order valence-corrected chi connectivity index (χ3v) is 6.85. The monoisotopic (exact) mass is 483 g/mol. The molecule has 1 aliphatic heterocycles. The van der Waals surface area contributed by atoms with E-state index in [4.69, 9.17) is 9.97 Å². The Balaban J connectivity index is 1.24. The lowest BCUT2D eigenvalue weighted by Crippen LogP contribution is -2.38. The minimum atomic E-state index is 0.318. The van der Waals surface area contributed by atoms with Crippen molar-refractivity contribution in [2.45, 2.75) is 25.4 Å². The van der Waals surface area contributed by atoms with E-state index in [0.29, 0.717) is 17.8 Å². The number of fused-ring (bicyclic) bond motifs is 1. The average Bonchev–Trinajstić information content (AvgIpc) is 3.57. The summed E-state index contributed by atoms with van der Waals surface area (Å²) in [6, 6.07) is 14.8. The van der Waals surface area contributed by atoms with Gasteiger partial charge in [-0.1, -0.05) is 30.3 Å². The van der Waals surface area contributed by atoms with Gasteiger partial charge in [0.15, 0.2) is 17.0 Å². The van der Waals surface area contributed by atoms with E-state index in [0.717, 1.165) is 55.1 Å². The van der Waals surface area contributed by atoms with Crippen molar-refractivity contribution in [1.29, 1.82) is 0 Å². The standard InChI is InChI=1S/C25H25N9S/c1-2-4-18(5-3-1)14-33-11-7-19(8-12-33)29-23-22-24(34(17-28-22)20-9-13-35-15-20)32-25(31-23)30-21-6-10-26-16-27-21/h1-6,9-10,13,15-17,19H,7-8,11-12,14H2,(H2,26,27,29,30,31,32). The molecule has 2 N–H and O–H groups in total. The normalized spacial score (nSPS) is 14.9. The predicted octanol–water partition coefficient (Wildman–Crippen LogP) is 4.49. The zero-order valence-corrected chi connectivity index (χ0v) is 19.9. The fourth-order valence-electron chi connectivity index (χ4n) is 4.39. The van der Waals surface area contributed by atoms with E-state index in [1.54, 1.807) is 23.6 Å². The molecule has 0 atom stereocenters. The van der Waals surface area contributed by atoms with Crippen LogP contribution in [0.15, 0.2) is 72.1 Å². The molecule has 5 aromatic rings. The van der Waals surface area contributed by atoms with Crippen molar-refractivity contribution >= 4 is 40.1 Å². The Morgan fingerprint density at radius 1 is 1.00 bits per heavy atom. The number of thiophene rings is 1. The molecule has 1 aliphatic rings. The van der Waals surface area contributed by atoms with Crippen molar-refractivity contribution in [2.24, 2.45) is 0 Å². The number of likely N-dealkylation sites (tertiary alicyclic amines) is 1. The Kier molecular flexibility index (Phi) is 6.04. The first-order valence-corrected chi connectivity index (χ1v) is 12.6. The van der Waals surface area contributed by atoms with Crippen LogP contribution in [0.5, 0.6) is 0 Å². The van der Waals surface area contributed by atoms with Crippen LogP contribution >= 0.6 is 11.3 Å². The molecule has 4 aromatic heterocycles. The summed E-state index contributed by atoms with van der Waals surface area (Å²) in [5, 5.41) is 11.0. The van der Waals surface area contributed by atoms with Gasteiger partial charge < -0.3 is 10.6 Å². The Bertz CT molecular complexity index is 1380. The van der Waals surface area contributed by atoms with E-state index in [2.05, 4.69) is 72.3 Å². The number of aromatic nitrogens is 6. The van der Waals surface area contributed by atoms with Crippen LogP contribution in [0.25, 0.3) is 16.9 Å². The molecule has 0 bridgehead atoms. The van der Waals surface area contributed by atoms with Crippen LogP contribution in [0.3, 0.4) is 0 Å². The molecule has 1 fully saturated rings. The van der Waals surface area contributed by atoms with Crippen molar-refractivity contribution in [3.05, 3.63) is 77.6 Å². The maximum absolute atomic E-state index is 4.79. The maximum Gasteiger partial charge on any atom is 0.232 e. The van der Waals surface area contributed by atoms with Gasteiger partial charge in [0.2, 0.25) is 5.95 Å². The maximum atomic E-state index is 4.79. The molecule has 9 nitrogen and oxygen atoms in total. The number of nitrogens with one attached hydrogen (secondary N) is 2. The summed E-state index contributed by atoms with van der Waals surface area (Å²) in [7, 11) is 0. The minimum Gasteiger partial charge on any atom is -0.365 e. The Morgan fingerprint density at radius 3 is 2.66 bits per heavy atom. The van der Waals surface area contributed by atoms with Gasteiger partial charge >= 0.3 is 0 Å². The zero-order valence-electron chi connectivity index (χ0n) is 19.1. The van der Waals surface area contributed by atoms with Gasteiger partial charge in [0.1, 0.15) is 18.5 Å². The Labute approximate surface area is 206 Å². The molecule has 6 rings (SSSR count). The molecular formula is C25H25N9S. The van der Waals surface area contributed by atoms with E-state index in [9.17, 15) is 0 Å². The second-order valence-corrected chi connectivity index (χ2v) is 9.34. The largest absolute Gasteiger partial charge is 0.365 e. The fourth-order valence-corrected chi connectivity index (χ4v) is 5.02. The number of piperidine rings is 1. The summed E-state index contributed by atoms with van der Waals surface area (Å²) in [6.07, 6.45) is 7.07. The van der Waals surface area contributed by atoms with E-state index in [1.807, 2.05) is 16.3 Å². The third-order valence-electron chi connectivity index (χ3n) is 6.18. The lowest BCUT2D eigenvalue weighted by Gasteiger charge is -2.32. The van der Waals surface area contributed by atoms with E-state index in [-0.39, 0.29) is 0 Å². The highest BCUT2D eigenvalue weighted by Crippen LogP contribution is 2.27. The first-order chi connectivity index (χ1) is 17.3. The van der Waals surface area contributed by atoms with Crippen LogP contribution in [0.4, 0.5) is 17.6 Å². The number of nitrogens with zero attached hydrogens (tertiary/aromatic N) is 7. The number of imidazole rings is 1. The number of benzene rings is 1. The second kappa shape index (κ2) is 9.77. The van der Waals surface area contributed by atoms with Crippen molar-refractivity contribution < 1.29 is 0 Å². The average molecular weight is 484 g/mol.